The first-order valence-corrected chi connectivity index (χ1v) is 8.83. The van der Waals surface area contributed by atoms with Crippen LogP contribution in [0.2, 0.25) is 5.15 Å². The Labute approximate surface area is 145 Å². The maximum absolute atomic E-state index is 12.4. The molecular formula is C14H18ClN5O3S. The number of carbonyl (C=O) groups excluding carboxylic acids is 1. The van der Waals surface area contributed by atoms with E-state index in [4.69, 9.17) is 11.6 Å². The molecule has 0 aromatic carbocycles. The van der Waals surface area contributed by atoms with Crippen molar-refractivity contribution in [1.82, 2.24) is 19.1 Å². The van der Waals surface area contributed by atoms with Gasteiger partial charge in [-0.1, -0.05) is 11.6 Å². The number of halogens is 1. The van der Waals surface area contributed by atoms with Gasteiger partial charge in [0.05, 0.1) is 17.1 Å². The monoisotopic (exact) mass is 371 g/mol. The van der Waals surface area contributed by atoms with Gasteiger partial charge in [-0.25, -0.2) is 17.7 Å². The van der Waals surface area contributed by atoms with Crippen LogP contribution in [-0.2, 0) is 21.4 Å². The lowest BCUT2D eigenvalue weighted by Crippen LogP contribution is -2.24. The van der Waals surface area contributed by atoms with Crippen molar-refractivity contribution in [3.63, 3.8) is 0 Å². The average Bonchev–Trinajstić information content (AvgIpc) is 2.76. The van der Waals surface area contributed by atoms with Gasteiger partial charge < -0.3 is 5.32 Å². The van der Waals surface area contributed by atoms with Crippen LogP contribution in [0.15, 0.2) is 23.2 Å². The smallest absolute Gasteiger partial charge is 0.246 e. The molecule has 10 heteroatoms. The van der Waals surface area contributed by atoms with E-state index in [1.54, 1.807) is 26.0 Å². The van der Waals surface area contributed by atoms with Gasteiger partial charge in [0.2, 0.25) is 15.9 Å². The Morgan fingerprint density at radius 1 is 1.38 bits per heavy atom. The minimum atomic E-state index is -3.63. The van der Waals surface area contributed by atoms with Crippen molar-refractivity contribution in [2.24, 2.45) is 0 Å². The number of nitrogens with zero attached hydrogens (tertiary/aromatic N) is 4. The SMILES string of the molecule is Cc1nn(CC(=O)Nc2cccnc2Cl)c(C)c1S(=O)(=O)N(C)C. The van der Waals surface area contributed by atoms with Crippen molar-refractivity contribution >= 4 is 33.2 Å². The molecule has 2 rings (SSSR count). The van der Waals surface area contributed by atoms with Crippen molar-refractivity contribution in [2.75, 3.05) is 19.4 Å². The van der Waals surface area contributed by atoms with Crippen molar-refractivity contribution in [2.45, 2.75) is 25.3 Å². The van der Waals surface area contributed by atoms with Gasteiger partial charge >= 0.3 is 0 Å². The Morgan fingerprint density at radius 3 is 2.62 bits per heavy atom. The van der Waals surface area contributed by atoms with Crippen molar-refractivity contribution < 1.29 is 13.2 Å². The number of aryl methyl sites for hydroxylation is 1. The number of sulfonamides is 1. The van der Waals surface area contributed by atoms with Gasteiger partial charge in [-0.3, -0.25) is 9.48 Å². The van der Waals surface area contributed by atoms with E-state index in [1.807, 2.05) is 0 Å². The first-order chi connectivity index (χ1) is 11.1. The summed E-state index contributed by atoms with van der Waals surface area (Å²) in [5, 5.41) is 6.96. The third-order valence-electron chi connectivity index (χ3n) is 3.38. The predicted molar refractivity (Wildman–Crippen MR) is 90.5 cm³/mol. The molecule has 130 valence electrons. The summed E-state index contributed by atoms with van der Waals surface area (Å²) >= 11 is 5.89. The fourth-order valence-electron chi connectivity index (χ4n) is 2.20. The number of pyridine rings is 1. The second kappa shape index (κ2) is 6.88. The zero-order valence-corrected chi connectivity index (χ0v) is 15.3. The van der Waals surface area contributed by atoms with Gasteiger partial charge in [0.15, 0.2) is 5.15 Å². The summed E-state index contributed by atoms with van der Waals surface area (Å²) in [6.45, 7) is 3.07. The molecule has 0 aliphatic carbocycles. The Bertz CT molecular complexity index is 877. The predicted octanol–water partition coefficient (Wildman–Crippen LogP) is 1.44. The molecular weight excluding hydrogens is 354 g/mol. The van der Waals surface area contributed by atoms with Crippen LogP contribution in [0.4, 0.5) is 5.69 Å². The van der Waals surface area contributed by atoms with Crippen LogP contribution in [0, 0.1) is 13.8 Å². The molecule has 0 bridgehead atoms. The first kappa shape index (κ1) is 18.4. The van der Waals surface area contributed by atoms with E-state index in [0.717, 1.165) is 4.31 Å². The van der Waals surface area contributed by atoms with Crippen LogP contribution in [0.25, 0.3) is 0 Å². The number of carbonyl (C=O) groups is 1. The maximum Gasteiger partial charge on any atom is 0.246 e. The summed E-state index contributed by atoms with van der Waals surface area (Å²) < 4.78 is 27.2. The zero-order chi connectivity index (χ0) is 18.1. The topological polar surface area (TPSA) is 97.2 Å². The lowest BCUT2D eigenvalue weighted by atomic mass is 10.4. The van der Waals surface area contributed by atoms with Gasteiger partial charge in [-0.2, -0.15) is 5.10 Å². The maximum atomic E-state index is 12.4. The van der Waals surface area contributed by atoms with Crippen LogP contribution < -0.4 is 5.32 Å². The molecule has 0 saturated heterocycles. The summed E-state index contributed by atoms with van der Waals surface area (Å²) in [6, 6.07) is 3.27. The van der Waals surface area contributed by atoms with Crippen molar-refractivity contribution in [3.8, 4) is 0 Å². The van der Waals surface area contributed by atoms with E-state index in [0.29, 0.717) is 17.1 Å². The number of hydrogen-bond donors (Lipinski definition) is 1. The van der Waals surface area contributed by atoms with E-state index < -0.39 is 10.0 Å². The van der Waals surface area contributed by atoms with Crippen LogP contribution in [0.3, 0.4) is 0 Å². The number of amides is 1. The van der Waals surface area contributed by atoms with Crippen molar-refractivity contribution in [3.05, 3.63) is 34.9 Å². The van der Waals surface area contributed by atoms with Crippen LogP contribution >= 0.6 is 11.6 Å². The van der Waals surface area contributed by atoms with Gasteiger partial charge in [0.25, 0.3) is 0 Å². The number of nitrogens with one attached hydrogen (secondary N) is 1. The number of rotatable bonds is 5. The fraction of sp³-hybridized carbons (Fsp3) is 0.357. The molecule has 0 radical (unpaired) electrons. The van der Waals surface area contributed by atoms with Crippen LogP contribution in [0.1, 0.15) is 11.4 Å². The molecule has 1 N–H and O–H groups in total. The summed E-state index contributed by atoms with van der Waals surface area (Å²) in [5.74, 6) is -0.385. The van der Waals surface area contributed by atoms with Gasteiger partial charge in [-0.15, -0.1) is 0 Å². The van der Waals surface area contributed by atoms with Crippen molar-refractivity contribution in [1.29, 1.82) is 0 Å². The standard InChI is InChI=1S/C14H18ClN5O3S/c1-9-13(24(22,23)19(3)4)10(2)20(18-9)8-12(21)17-11-6-5-7-16-14(11)15/h5-7H,8H2,1-4H3,(H,17,21). The molecule has 0 aliphatic heterocycles. The molecule has 0 fully saturated rings. The summed E-state index contributed by atoms with van der Waals surface area (Å²) in [7, 11) is -0.737. The second-order valence-corrected chi connectivity index (χ2v) is 7.78. The Kier molecular flexibility index (Phi) is 5.26. The minimum Gasteiger partial charge on any atom is -0.322 e. The van der Waals surface area contributed by atoms with E-state index in [-0.39, 0.29) is 22.5 Å². The highest BCUT2D eigenvalue weighted by molar-refractivity contribution is 7.89. The number of hydrogen-bond acceptors (Lipinski definition) is 5. The molecule has 0 aliphatic rings. The molecule has 1 amide bonds. The highest BCUT2D eigenvalue weighted by Crippen LogP contribution is 2.22. The molecule has 2 aromatic rings. The largest absolute Gasteiger partial charge is 0.322 e. The summed E-state index contributed by atoms with van der Waals surface area (Å²) in [6.07, 6.45) is 1.51. The normalized spacial score (nSPS) is 11.8. The third kappa shape index (κ3) is 3.58. The van der Waals surface area contributed by atoms with Gasteiger partial charge in [-0.05, 0) is 26.0 Å². The Morgan fingerprint density at radius 2 is 2.04 bits per heavy atom. The molecule has 2 aromatic heterocycles. The summed E-state index contributed by atoms with van der Waals surface area (Å²) in [4.78, 5) is 16.2. The molecule has 0 atom stereocenters. The van der Waals surface area contributed by atoms with Gasteiger partial charge in [0, 0.05) is 20.3 Å². The Balaban J connectivity index is 2.26. The lowest BCUT2D eigenvalue weighted by Gasteiger charge is -2.12. The number of aromatic nitrogens is 3. The molecule has 0 saturated carbocycles. The van der Waals surface area contributed by atoms with Gasteiger partial charge in [0.1, 0.15) is 11.4 Å². The minimum absolute atomic E-state index is 0.111. The van der Waals surface area contributed by atoms with E-state index in [1.165, 1.54) is 25.0 Å². The molecule has 8 nitrogen and oxygen atoms in total. The van der Waals surface area contributed by atoms with E-state index in [9.17, 15) is 13.2 Å². The molecule has 24 heavy (non-hydrogen) atoms. The summed E-state index contributed by atoms with van der Waals surface area (Å²) in [5.41, 5.74) is 1.12. The van der Waals surface area contributed by atoms with Crippen LogP contribution in [-0.4, -0.2) is 47.5 Å². The Hall–Kier alpha value is -1.97. The fourth-order valence-corrected chi connectivity index (χ4v) is 3.62. The van der Waals surface area contributed by atoms with E-state index >= 15 is 0 Å². The first-order valence-electron chi connectivity index (χ1n) is 7.01. The van der Waals surface area contributed by atoms with E-state index in [2.05, 4.69) is 15.4 Å². The highest BCUT2D eigenvalue weighted by Gasteiger charge is 2.27. The quantitative estimate of drug-likeness (QED) is 0.802. The second-order valence-electron chi connectivity index (χ2n) is 5.33. The zero-order valence-electron chi connectivity index (χ0n) is 13.7. The molecule has 0 spiro atoms. The third-order valence-corrected chi connectivity index (χ3v) is 5.75. The molecule has 0 unspecified atom stereocenters. The van der Waals surface area contributed by atoms with Crippen LogP contribution in [0.5, 0.6) is 0 Å². The number of anilines is 1. The molecule has 2 heterocycles. The highest BCUT2D eigenvalue weighted by atomic mass is 35.5. The lowest BCUT2D eigenvalue weighted by molar-refractivity contribution is -0.116. The average molecular weight is 372 g/mol.